The molecule has 3 rings (SSSR count). The first-order valence-electron chi connectivity index (χ1n) is 10.8. The van der Waals surface area contributed by atoms with Gasteiger partial charge in [0.1, 0.15) is 23.0 Å². The molecule has 0 fully saturated rings. The zero-order valence-corrected chi connectivity index (χ0v) is 18.8. The summed E-state index contributed by atoms with van der Waals surface area (Å²) in [4.78, 5) is 24.7. The molecule has 3 aromatic carbocycles. The fourth-order valence-corrected chi connectivity index (χ4v) is 3.50. The molecule has 0 aliphatic rings. The second kappa shape index (κ2) is 11.1. The Balaban J connectivity index is 1.64. The number of amides is 1. The first-order valence-corrected chi connectivity index (χ1v) is 10.8. The van der Waals surface area contributed by atoms with Crippen LogP contribution in [0.1, 0.15) is 41.8 Å². The minimum Gasteiger partial charge on any atom is -0.496 e. The van der Waals surface area contributed by atoms with Crippen LogP contribution in [0.3, 0.4) is 0 Å². The van der Waals surface area contributed by atoms with Crippen molar-refractivity contribution < 1.29 is 19.1 Å². The van der Waals surface area contributed by atoms with E-state index in [-0.39, 0.29) is 17.6 Å². The zero-order chi connectivity index (χ0) is 22.9. The summed E-state index contributed by atoms with van der Waals surface area (Å²) in [6.45, 7) is 3.99. The quantitative estimate of drug-likeness (QED) is 0.455. The maximum atomic E-state index is 12.9. The zero-order valence-electron chi connectivity index (χ0n) is 18.8. The third-order valence-corrected chi connectivity index (χ3v) is 5.41. The van der Waals surface area contributed by atoms with Crippen molar-refractivity contribution >= 4 is 11.7 Å². The van der Waals surface area contributed by atoms with Gasteiger partial charge in [-0.3, -0.25) is 9.59 Å². The number of carbonyl (C=O) groups is 2. The molecule has 0 aliphatic carbocycles. The maximum Gasteiger partial charge on any atom is 0.255 e. The molecule has 0 aliphatic heterocycles. The van der Waals surface area contributed by atoms with E-state index < -0.39 is 0 Å². The SMILES string of the molecule is CC[C@@H](Cc1ccc(OC)c(C(=O)NCc2ccc(Oc3ccccc3)cc2)c1)C(C)=O. The third-order valence-electron chi connectivity index (χ3n) is 5.41. The van der Waals surface area contributed by atoms with Crippen molar-refractivity contribution in [2.75, 3.05) is 7.11 Å². The molecule has 0 saturated carbocycles. The van der Waals surface area contributed by atoms with Gasteiger partial charge in [-0.2, -0.15) is 0 Å². The van der Waals surface area contributed by atoms with E-state index in [1.165, 1.54) is 0 Å². The lowest BCUT2D eigenvalue weighted by Gasteiger charge is -2.14. The average Bonchev–Trinajstić information content (AvgIpc) is 2.82. The maximum absolute atomic E-state index is 12.9. The minimum absolute atomic E-state index is 0.0454. The number of hydrogen-bond donors (Lipinski definition) is 1. The highest BCUT2D eigenvalue weighted by molar-refractivity contribution is 5.97. The Kier molecular flexibility index (Phi) is 8.03. The number of ketones is 1. The van der Waals surface area contributed by atoms with Crippen molar-refractivity contribution in [3.05, 3.63) is 89.5 Å². The van der Waals surface area contributed by atoms with Gasteiger partial charge in [-0.15, -0.1) is 0 Å². The van der Waals surface area contributed by atoms with Gasteiger partial charge in [-0.25, -0.2) is 0 Å². The fourth-order valence-electron chi connectivity index (χ4n) is 3.50. The van der Waals surface area contributed by atoms with Gasteiger partial charge in [0.15, 0.2) is 0 Å². The van der Waals surface area contributed by atoms with Gasteiger partial charge in [-0.1, -0.05) is 43.3 Å². The summed E-state index contributed by atoms with van der Waals surface area (Å²) in [6, 6.07) is 22.7. The first kappa shape index (κ1) is 23.1. The molecule has 1 N–H and O–H groups in total. The highest BCUT2D eigenvalue weighted by atomic mass is 16.5. The van der Waals surface area contributed by atoms with E-state index in [9.17, 15) is 9.59 Å². The number of carbonyl (C=O) groups excluding carboxylic acids is 2. The van der Waals surface area contributed by atoms with Crippen LogP contribution in [0.5, 0.6) is 17.2 Å². The molecule has 0 saturated heterocycles. The highest BCUT2D eigenvalue weighted by Crippen LogP contribution is 2.24. The van der Waals surface area contributed by atoms with E-state index in [1.54, 1.807) is 20.1 Å². The Morgan fingerprint density at radius 3 is 2.19 bits per heavy atom. The summed E-state index contributed by atoms with van der Waals surface area (Å²) in [7, 11) is 1.54. The van der Waals surface area contributed by atoms with Crippen LogP contribution in [0, 0.1) is 5.92 Å². The summed E-state index contributed by atoms with van der Waals surface area (Å²) in [5.41, 5.74) is 2.37. The molecule has 0 aromatic heterocycles. The average molecular weight is 432 g/mol. The second-order valence-electron chi connectivity index (χ2n) is 7.70. The standard InChI is InChI=1S/C27H29NO4/c1-4-22(19(2)29)16-21-12-15-26(31-3)25(17-21)27(30)28-18-20-10-13-24(14-11-20)32-23-8-6-5-7-9-23/h5-15,17,22H,4,16,18H2,1-3H3,(H,28,30)/t22-/m0/s1. The number of ether oxygens (including phenoxy) is 2. The second-order valence-corrected chi connectivity index (χ2v) is 7.70. The van der Waals surface area contributed by atoms with Crippen LogP contribution in [0.2, 0.25) is 0 Å². The summed E-state index contributed by atoms with van der Waals surface area (Å²) >= 11 is 0. The predicted octanol–water partition coefficient (Wildman–Crippen LogP) is 5.58. The molecule has 166 valence electrons. The Labute approximate surface area is 189 Å². The fraction of sp³-hybridized carbons (Fsp3) is 0.259. The molecule has 0 unspecified atom stereocenters. The van der Waals surface area contributed by atoms with Gasteiger partial charge in [0, 0.05) is 12.5 Å². The van der Waals surface area contributed by atoms with Crippen LogP contribution < -0.4 is 14.8 Å². The van der Waals surface area contributed by atoms with Crippen LogP contribution in [0.4, 0.5) is 0 Å². The molecule has 0 radical (unpaired) electrons. The molecule has 5 nitrogen and oxygen atoms in total. The predicted molar refractivity (Wildman–Crippen MR) is 125 cm³/mol. The topological polar surface area (TPSA) is 64.6 Å². The van der Waals surface area contributed by atoms with E-state index in [2.05, 4.69) is 5.32 Å². The molecule has 1 atom stereocenters. The van der Waals surface area contributed by atoms with Crippen LogP contribution in [0.15, 0.2) is 72.8 Å². The van der Waals surface area contributed by atoms with Gasteiger partial charge in [0.05, 0.1) is 12.7 Å². The van der Waals surface area contributed by atoms with Crippen LogP contribution in [0.25, 0.3) is 0 Å². The molecule has 0 heterocycles. The Bertz CT molecular complexity index is 1050. The van der Waals surface area contributed by atoms with Gasteiger partial charge >= 0.3 is 0 Å². The summed E-state index contributed by atoms with van der Waals surface area (Å²) in [5, 5.41) is 2.95. The van der Waals surface area contributed by atoms with Crippen LogP contribution in [-0.2, 0) is 17.8 Å². The molecule has 0 spiro atoms. The lowest BCUT2D eigenvalue weighted by Crippen LogP contribution is -2.23. The van der Waals surface area contributed by atoms with Gasteiger partial charge < -0.3 is 14.8 Å². The number of para-hydroxylation sites is 1. The Morgan fingerprint density at radius 1 is 0.906 bits per heavy atom. The van der Waals surface area contributed by atoms with Gasteiger partial charge in [0.25, 0.3) is 5.91 Å². The molecule has 5 heteroatoms. The smallest absolute Gasteiger partial charge is 0.255 e. The lowest BCUT2D eigenvalue weighted by atomic mass is 9.92. The van der Waals surface area contributed by atoms with E-state index in [0.717, 1.165) is 29.0 Å². The van der Waals surface area contributed by atoms with Crippen molar-refractivity contribution in [1.29, 1.82) is 0 Å². The number of rotatable bonds is 10. The summed E-state index contributed by atoms with van der Waals surface area (Å²) in [6.07, 6.45) is 1.38. The highest BCUT2D eigenvalue weighted by Gasteiger charge is 2.17. The van der Waals surface area contributed by atoms with Crippen LogP contribution >= 0.6 is 0 Å². The van der Waals surface area contributed by atoms with E-state index in [0.29, 0.717) is 24.3 Å². The molecular formula is C27H29NO4. The van der Waals surface area contributed by atoms with Gasteiger partial charge in [0.2, 0.25) is 0 Å². The van der Waals surface area contributed by atoms with Crippen molar-refractivity contribution in [3.63, 3.8) is 0 Å². The lowest BCUT2D eigenvalue weighted by molar-refractivity contribution is -0.120. The van der Waals surface area contributed by atoms with Gasteiger partial charge in [-0.05, 0) is 67.3 Å². The summed E-state index contributed by atoms with van der Waals surface area (Å²) in [5.74, 6) is 1.91. The Morgan fingerprint density at radius 2 is 1.56 bits per heavy atom. The van der Waals surface area contributed by atoms with E-state index in [1.807, 2.05) is 73.7 Å². The van der Waals surface area contributed by atoms with Crippen molar-refractivity contribution in [1.82, 2.24) is 5.32 Å². The Hall–Kier alpha value is -3.60. The largest absolute Gasteiger partial charge is 0.496 e. The summed E-state index contributed by atoms with van der Waals surface area (Å²) < 4.78 is 11.2. The van der Waals surface area contributed by atoms with Crippen LogP contribution in [-0.4, -0.2) is 18.8 Å². The van der Waals surface area contributed by atoms with Crippen molar-refractivity contribution in [2.45, 2.75) is 33.2 Å². The van der Waals surface area contributed by atoms with E-state index in [4.69, 9.17) is 9.47 Å². The normalized spacial score (nSPS) is 11.5. The third kappa shape index (κ3) is 6.20. The number of hydrogen-bond acceptors (Lipinski definition) is 4. The van der Waals surface area contributed by atoms with Crippen molar-refractivity contribution in [2.24, 2.45) is 5.92 Å². The molecule has 3 aromatic rings. The number of Topliss-reactive ketones (excluding diaryl/α,β-unsaturated/α-hetero) is 1. The minimum atomic E-state index is -0.218. The number of methoxy groups -OCH3 is 1. The number of nitrogens with one attached hydrogen (secondary N) is 1. The number of benzene rings is 3. The molecular weight excluding hydrogens is 402 g/mol. The first-order chi connectivity index (χ1) is 15.5. The molecule has 1 amide bonds. The van der Waals surface area contributed by atoms with E-state index >= 15 is 0 Å². The molecule has 0 bridgehead atoms. The van der Waals surface area contributed by atoms with Crippen molar-refractivity contribution in [3.8, 4) is 17.2 Å². The monoisotopic (exact) mass is 431 g/mol. The molecule has 32 heavy (non-hydrogen) atoms.